The molecule has 0 rings (SSSR count). The topological polar surface area (TPSA) is 105 Å². The molecule has 3 N–H and O–H groups in total. The molecule has 3 unspecified atom stereocenters. The second-order valence-electron chi connectivity index (χ2n) is 20.3. The number of hydrogen-bond acceptors (Lipinski definition) is 5. The lowest BCUT2D eigenvalue weighted by molar-refractivity contribution is -0.870. The number of phosphoric acid groups is 1. The Bertz CT molecular complexity index is 1330. The van der Waals surface area contributed by atoms with Crippen molar-refractivity contribution < 1.29 is 32.9 Å². The van der Waals surface area contributed by atoms with Crippen LogP contribution in [0.4, 0.5) is 0 Å². The molecule has 0 spiro atoms. The number of hydrogen-bond donors (Lipinski definition) is 3. The summed E-state index contributed by atoms with van der Waals surface area (Å²) in [7, 11) is 1.53. The molecule has 9 heteroatoms. The van der Waals surface area contributed by atoms with Crippen LogP contribution in [-0.4, -0.2) is 73.4 Å². The van der Waals surface area contributed by atoms with Gasteiger partial charge in [0.25, 0.3) is 0 Å². The summed E-state index contributed by atoms with van der Waals surface area (Å²) >= 11 is 0. The highest BCUT2D eigenvalue weighted by Gasteiger charge is 2.27. The highest BCUT2D eigenvalue weighted by atomic mass is 31.2. The van der Waals surface area contributed by atoms with Crippen molar-refractivity contribution in [1.29, 1.82) is 0 Å². The highest BCUT2D eigenvalue weighted by Crippen LogP contribution is 2.43. The van der Waals surface area contributed by atoms with Crippen LogP contribution in [-0.2, 0) is 18.4 Å². The van der Waals surface area contributed by atoms with E-state index < -0.39 is 20.0 Å². The number of rotatable bonds is 51. The third-order valence-electron chi connectivity index (χ3n) is 12.4. The monoisotopic (exact) mass is 974 g/mol. The maximum Gasteiger partial charge on any atom is 0.472 e. The van der Waals surface area contributed by atoms with Gasteiger partial charge in [-0.3, -0.25) is 13.8 Å². The molecule has 396 valence electrons. The van der Waals surface area contributed by atoms with Gasteiger partial charge in [-0.05, 0) is 83.5 Å². The molecule has 3 atom stereocenters. The molecule has 8 nitrogen and oxygen atoms in total. The summed E-state index contributed by atoms with van der Waals surface area (Å²) in [6.45, 7) is 4.76. The van der Waals surface area contributed by atoms with Gasteiger partial charge in [-0.2, -0.15) is 0 Å². The van der Waals surface area contributed by atoms with E-state index in [0.717, 1.165) is 70.6 Å². The number of aliphatic hydroxyl groups excluding tert-OH is 1. The first kappa shape index (κ1) is 65.9. The zero-order valence-corrected chi connectivity index (χ0v) is 46.0. The van der Waals surface area contributed by atoms with Gasteiger partial charge in [-0.15, -0.1) is 0 Å². The number of nitrogens with zero attached hydrogens (tertiary/aromatic N) is 1. The van der Waals surface area contributed by atoms with Crippen LogP contribution in [0.5, 0.6) is 0 Å². The molecule has 0 radical (unpaired) electrons. The van der Waals surface area contributed by atoms with Gasteiger partial charge in [0.15, 0.2) is 0 Å². The SMILES string of the molecule is CCCCC/C=C\C/C=C\C/C=C\CCCCCCCCC(=O)NC(COP(=O)(O)OCC[N+](C)(C)C)C(O)/C=C/CC/C=C/CC/C=C/CCCCCCCCCCCCCCCCCCC. The number of allylic oxidation sites excluding steroid dienone is 11. The summed E-state index contributed by atoms with van der Waals surface area (Å²) in [4.78, 5) is 23.3. The summed E-state index contributed by atoms with van der Waals surface area (Å²) in [6, 6.07) is -0.881. The summed E-state index contributed by atoms with van der Waals surface area (Å²) in [5.41, 5.74) is 0. The van der Waals surface area contributed by atoms with E-state index in [2.05, 4.69) is 79.9 Å². The predicted octanol–water partition coefficient (Wildman–Crippen LogP) is 17.1. The van der Waals surface area contributed by atoms with Gasteiger partial charge in [0.05, 0.1) is 39.9 Å². The molecule has 0 saturated carbocycles. The van der Waals surface area contributed by atoms with Gasteiger partial charge >= 0.3 is 7.82 Å². The number of carbonyl (C=O) groups is 1. The van der Waals surface area contributed by atoms with Crippen LogP contribution in [0.1, 0.15) is 245 Å². The van der Waals surface area contributed by atoms with Gasteiger partial charge in [0, 0.05) is 6.42 Å². The molecular weight excluding hydrogens is 864 g/mol. The predicted molar refractivity (Wildman–Crippen MR) is 295 cm³/mol. The van der Waals surface area contributed by atoms with Crippen molar-refractivity contribution in [3.8, 4) is 0 Å². The molecule has 0 aliphatic heterocycles. The van der Waals surface area contributed by atoms with Crippen LogP contribution in [0.3, 0.4) is 0 Å². The lowest BCUT2D eigenvalue weighted by Gasteiger charge is -2.25. The van der Waals surface area contributed by atoms with Gasteiger partial charge in [-0.1, -0.05) is 228 Å². The number of nitrogens with one attached hydrogen (secondary N) is 1. The van der Waals surface area contributed by atoms with Gasteiger partial charge < -0.3 is 19.8 Å². The van der Waals surface area contributed by atoms with E-state index in [0.29, 0.717) is 17.4 Å². The highest BCUT2D eigenvalue weighted by molar-refractivity contribution is 7.47. The Hall–Kier alpha value is -2.06. The minimum absolute atomic E-state index is 0.0477. The average molecular weight is 975 g/mol. The molecule has 0 aliphatic rings. The molecule has 0 aliphatic carbocycles. The Morgan fingerprint density at radius 2 is 0.853 bits per heavy atom. The zero-order chi connectivity index (χ0) is 49.9. The lowest BCUT2D eigenvalue weighted by atomic mass is 10.0. The molecule has 0 fully saturated rings. The maximum absolute atomic E-state index is 12.9. The Morgan fingerprint density at radius 1 is 0.500 bits per heavy atom. The van der Waals surface area contributed by atoms with Crippen molar-refractivity contribution in [2.45, 2.75) is 257 Å². The standard InChI is InChI=1S/C59H109N2O6P/c1-6-8-10-12-14-16-18-20-22-24-26-27-28-29-30-31-32-33-35-36-38-40-42-44-46-48-50-52-58(62)57(56-67-68(64,65)66-55-54-61(3,4)5)60-59(63)53-51-49-47-45-43-41-39-37-34-25-23-21-19-17-15-13-11-9-7-2/h15,17,21,23,34-37,42,44,50,52,57-58,62H,6-14,16,18-20,22,24-33,38-41,43,45-49,51,53-56H2,1-5H3,(H-,60,63,64,65)/p+1/b17-15-,23-21-,36-35+,37-34-,44-42+,52-50+. The number of phosphoric ester groups is 1. The Kier molecular flexibility index (Phi) is 48.4. The van der Waals surface area contributed by atoms with E-state index in [9.17, 15) is 19.4 Å². The first-order valence-electron chi connectivity index (χ1n) is 28.3. The van der Waals surface area contributed by atoms with E-state index in [-0.39, 0.29) is 19.1 Å². The number of unbranched alkanes of at least 4 members (excludes halogenated alkanes) is 28. The van der Waals surface area contributed by atoms with E-state index in [1.807, 2.05) is 27.2 Å². The summed E-state index contributed by atoms with van der Waals surface area (Å²) in [5.74, 6) is -0.204. The first-order valence-corrected chi connectivity index (χ1v) is 29.8. The molecule has 0 aromatic rings. The van der Waals surface area contributed by atoms with Crippen LogP contribution in [0.15, 0.2) is 72.9 Å². The van der Waals surface area contributed by atoms with E-state index >= 15 is 0 Å². The lowest BCUT2D eigenvalue weighted by Crippen LogP contribution is -2.45. The fraction of sp³-hybridized carbons (Fsp3) is 0.780. The quantitative estimate of drug-likeness (QED) is 0.0243. The largest absolute Gasteiger partial charge is 0.472 e. The second-order valence-corrected chi connectivity index (χ2v) is 21.7. The molecule has 1 amide bonds. The minimum atomic E-state index is -4.37. The van der Waals surface area contributed by atoms with E-state index in [1.165, 1.54) is 154 Å². The molecule has 0 bridgehead atoms. The van der Waals surface area contributed by atoms with Gasteiger partial charge in [-0.25, -0.2) is 4.57 Å². The number of likely N-dealkylation sites (N-methyl/N-ethyl adjacent to an activating group) is 1. The number of aliphatic hydroxyl groups is 1. The third kappa shape index (κ3) is 51.8. The van der Waals surface area contributed by atoms with Crippen LogP contribution >= 0.6 is 7.82 Å². The Labute approximate surface area is 421 Å². The molecule has 0 aromatic carbocycles. The first-order chi connectivity index (χ1) is 33.0. The Balaban J connectivity index is 4.33. The maximum atomic E-state index is 12.9. The molecule has 0 aromatic heterocycles. The van der Waals surface area contributed by atoms with Crippen molar-refractivity contribution in [3.63, 3.8) is 0 Å². The summed E-state index contributed by atoms with van der Waals surface area (Å²) < 4.78 is 23.7. The number of amides is 1. The fourth-order valence-corrected chi connectivity index (χ4v) is 8.64. The van der Waals surface area contributed by atoms with Crippen molar-refractivity contribution in [3.05, 3.63) is 72.9 Å². The number of quaternary nitrogens is 1. The molecule has 0 heterocycles. The van der Waals surface area contributed by atoms with E-state index in [4.69, 9.17) is 9.05 Å². The van der Waals surface area contributed by atoms with Crippen LogP contribution in [0.25, 0.3) is 0 Å². The van der Waals surface area contributed by atoms with Crippen LogP contribution in [0.2, 0.25) is 0 Å². The molecule has 68 heavy (non-hydrogen) atoms. The average Bonchev–Trinajstić information content (AvgIpc) is 3.30. The van der Waals surface area contributed by atoms with Gasteiger partial charge in [0.2, 0.25) is 5.91 Å². The molecule has 0 saturated heterocycles. The van der Waals surface area contributed by atoms with Crippen molar-refractivity contribution in [1.82, 2.24) is 5.32 Å². The zero-order valence-electron chi connectivity index (χ0n) is 45.1. The summed E-state index contributed by atoms with van der Waals surface area (Å²) in [5, 5.41) is 13.9. The number of carbonyl (C=O) groups excluding carboxylic acids is 1. The van der Waals surface area contributed by atoms with Crippen LogP contribution < -0.4 is 5.32 Å². The minimum Gasteiger partial charge on any atom is -0.387 e. The van der Waals surface area contributed by atoms with Crippen molar-refractivity contribution in [2.75, 3.05) is 40.9 Å². The van der Waals surface area contributed by atoms with Gasteiger partial charge in [0.1, 0.15) is 13.2 Å². The smallest absolute Gasteiger partial charge is 0.387 e. The second kappa shape index (κ2) is 49.9. The third-order valence-corrected chi connectivity index (χ3v) is 13.4. The van der Waals surface area contributed by atoms with E-state index in [1.54, 1.807) is 6.08 Å². The van der Waals surface area contributed by atoms with Crippen molar-refractivity contribution >= 4 is 13.7 Å². The van der Waals surface area contributed by atoms with Crippen LogP contribution in [0, 0.1) is 0 Å². The Morgan fingerprint density at radius 3 is 1.31 bits per heavy atom. The van der Waals surface area contributed by atoms with Crippen molar-refractivity contribution in [2.24, 2.45) is 0 Å². The summed E-state index contributed by atoms with van der Waals surface area (Å²) in [6.07, 6.45) is 68.6. The molecular formula is C59H110N2O6P+. The normalized spacial score (nSPS) is 14.5. The fourth-order valence-electron chi connectivity index (χ4n) is 7.90.